The van der Waals surface area contributed by atoms with E-state index in [4.69, 9.17) is 0 Å². The van der Waals surface area contributed by atoms with Gasteiger partial charge in [0.1, 0.15) is 0 Å². The fourth-order valence-electron chi connectivity index (χ4n) is 4.85. The molecule has 4 nitrogen and oxygen atoms in total. The first-order chi connectivity index (χ1) is 16.2. The van der Waals surface area contributed by atoms with Crippen LogP contribution in [0.1, 0.15) is 30.4 Å². The SMILES string of the molecule is Cc1ccc(-c2ccc3c(ccn3CC3CCN(C(=O)CCc4ccccc4)CC3)c2)nc1. The molecule has 2 aromatic carbocycles. The van der Waals surface area contributed by atoms with Crippen molar-refractivity contribution < 1.29 is 4.79 Å². The molecule has 1 aliphatic heterocycles. The highest BCUT2D eigenvalue weighted by molar-refractivity contribution is 5.85. The molecule has 0 aliphatic carbocycles. The van der Waals surface area contributed by atoms with Gasteiger partial charge in [0.05, 0.1) is 5.69 Å². The van der Waals surface area contributed by atoms with E-state index in [1.165, 1.54) is 22.0 Å². The molecule has 1 amide bonds. The fraction of sp³-hybridized carbons (Fsp3) is 0.310. The summed E-state index contributed by atoms with van der Waals surface area (Å²) in [5, 5.41) is 1.25. The Morgan fingerprint density at radius 2 is 1.82 bits per heavy atom. The largest absolute Gasteiger partial charge is 0.347 e. The van der Waals surface area contributed by atoms with Crippen molar-refractivity contribution in [2.75, 3.05) is 13.1 Å². The van der Waals surface area contributed by atoms with Gasteiger partial charge >= 0.3 is 0 Å². The summed E-state index contributed by atoms with van der Waals surface area (Å²) in [4.78, 5) is 19.3. The second kappa shape index (κ2) is 9.62. The molecule has 168 valence electrons. The molecule has 4 aromatic rings. The topological polar surface area (TPSA) is 38.1 Å². The fourth-order valence-corrected chi connectivity index (χ4v) is 4.85. The van der Waals surface area contributed by atoms with Gasteiger partial charge in [-0.2, -0.15) is 0 Å². The van der Waals surface area contributed by atoms with Gasteiger partial charge in [-0.3, -0.25) is 9.78 Å². The average molecular weight is 438 g/mol. The van der Waals surface area contributed by atoms with E-state index in [2.05, 4.69) is 76.1 Å². The molecule has 1 saturated heterocycles. The molecular weight excluding hydrogens is 406 g/mol. The smallest absolute Gasteiger partial charge is 0.222 e. The molecule has 0 saturated carbocycles. The third-order valence-electron chi connectivity index (χ3n) is 6.87. The molecule has 33 heavy (non-hydrogen) atoms. The number of pyridine rings is 1. The molecule has 0 spiro atoms. The number of likely N-dealkylation sites (tertiary alicyclic amines) is 1. The number of hydrogen-bond donors (Lipinski definition) is 0. The average Bonchev–Trinajstić information content (AvgIpc) is 3.26. The van der Waals surface area contributed by atoms with E-state index >= 15 is 0 Å². The molecule has 3 heterocycles. The number of piperidine rings is 1. The molecule has 2 aromatic heterocycles. The summed E-state index contributed by atoms with van der Waals surface area (Å²) >= 11 is 0. The minimum Gasteiger partial charge on any atom is -0.347 e. The predicted octanol–water partition coefficient (Wildman–Crippen LogP) is 5.88. The number of aryl methyl sites for hydroxylation is 2. The number of rotatable bonds is 6. The van der Waals surface area contributed by atoms with Gasteiger partial charge in [-0.25, -0.2) is 0 Å². The number of amides is 1. The molecule has 0 unspecified atom stereocenters. The number of carbonyl (C=O) groups is 1. The number of aromatic nitrogens is 2. The molecule has 0 bridgehead atoms. The number of benzene rings is 2. The highest BCUT2D eigenvalue weighted by atomic mass is 16.2. The zero-order valence-corrected chi connectivity index (χ0v) is 19.3. The van der Waals surface area contributed by atoms with Crippen LogP contribution in [0, 0.1) is 12.8 Å². The van der Waals surface area contributed by atoms with Gasteiger partial charge in [-0.15, -0.1) is 0 Å². The van der Waals surface area contributed by atoms with E-state index in [0.29, 0.717) is 18.2 Å². The Morgan fingerprint density at radius 3 is 2.58 bits per heavy atom. The van der Waals surface area contributed by atoms with Crippen molar-refractivity contribution in [1.82, 2.24) is 14.5 Å². The van der Waals surface area contributed by atoms with E-state index in [1.807, 2.05) is 24.4 Å². The van der Waals surface area contributed by atoms with Crippen LogP contribution in [0.25, 0.3) is 22.2 Å². The summed E-state index contributed by atoms with van der Waals surface area (Å²) in [6.45, 7) is 4.82. The number of nitrogens with zero attached hydrogens (tertiary/aromatic N) is 3. The molecular formula is C29H31N3O. The summed E-state index contributed by atoms with van der Waals surface area (Å²) in [5.41, 5.74) is 5.85. The standard InChI is InChI=1S/C29H31N3O/c1-22-7-10-27(30-20-22)25-9-11-28-26(19-25)15-18-32(28)21-24-13-16-31(17-14-24)29(33)12-8-23-5-3-2-4-6-23/h2-7,9-11,15,18-20,24H,8,12-14,16-17,21H2,1H3. The first kappa shape index (κ1) is 21.4. The van der Waals surface area contributed by atoms with Crippen molar-refractivity contribution in [2.45, 2.75) is 39.2 Å². The Bertz CT molecular complexity index is 1220. The lowest BCUT2D eigenvalue weighted by Crippen LogP contribution is -2.39. The van der Waals surface area contributed by atoms with Crippen molar-refractivity contribution in [3.8, 4) is 11.3 Å². The summed E-state index contributed by atoms with van der Waals surface area (Å²) in [7, 11) is 0. The third-order valence-corrected chi connectivity index (χ3v) is 6.87. The lowest BCUT2D eigenvalue weighted by Gasteiger charge is -2.32. The summed E-state index contributed by atoms with van der Waals surface area (Å²) in [5.74, 6) is 0.901. The van der Waals surface area contributed by atoms with Crippen LogP contribution in [0.5, 0.6) is 0 Å². The minimum atomic E-state index is 0.293. The molecule has 1 fully saturated rings. The Morgan fingerprint density at radius 1 is 1.00 bits per heavy atom. The Hall–Kier alpha value is -3.40. The first-order valence-corrected chi connectivity index (χ1v) is 12.0. The number of hydrogen-bond acceptors (Lipinski definition) is 2. The molecule has 5 rings (SSSR count). The van der Waals surface area contributed by atoms with E-state index in [9.17, 15) is 4.79 Å². The van der Waals surface area contributed by atoms with Crippen LogP contribution in [-0.2, 0) is 17.8 Å². The molecule has 4 heteroatoms. The van der Waals surface area contributed by atoms with Crippen LogP contribution in [0.15, 0.2) is 79.1 Å². The van der Waals surface area contributed by atoms with E-state index < -0.39 is 0 Å². The van der Waals surface area contributed by atoms with Crippen LogP contribution >= 0.6 is 0 Å². The second-order valence-electron chi connectivity index (χ2n) is 9.27. The number of fused-ring (bicyclic) bond motifs is 1. The highest BCUT2D eigenvalue weighted by Gasteiger charge is 2.23. The van der Waals surface area contributed by atoms with Crippen molar-refractivity contribution in [2.24, 2.45) is 5.92 Å². The van der Waals surface area contributed by atoms with Gasteiger partial charge < -0.3 is 9.47 Å². The van der Waals surface area contributed by atoms with Gasteiger partial charge in [0.2, 0.25) is 5.91 Å². The van der Waals surface area contributed by atoms with E-state index in [-0.39, 0.29) is 0 Å². The number of carbonyl (C=O) groups excluding carboxylic acids is 1. The maximum Gasteiger partial charge on any atom is 0.222 e. The predicted molar refractivity (Wildman–Crippen MR) is 134 cm³/mol. The van der Waals surface area contributed by atoms with E-state index in [0.717, 1.165) is 50.2 Å². The Kier molecular flexibility index (Phi) is 6.25. The Labute approximate surface area is 195 Å². The van der Waals surface area contributed by atoms with Crippen molar-refractivity contribution in [3.05, 3.63) is 90.3 Å². The van der Waals surface area contributed by atoms with Crippen LogP contribution in [-0.4, -0.2) is 33.4 Å². The van der Waals surface area contributed by atoms with Crippen molar-refractivity contribution in [1.29, 1.82) is 0 Å². The molecule has 0 atom stereocenters. The minimum absolute atomic E-state index is 0.293. The van der Waals surface area contributed by atoms with Crippen LogP contribution in [0.4, 0.5) is 0 Å². The van der Waals surface area contributed by atoms with Gasteiger partial charge in [0, 0.05) is 54.9 Å². The maximum atomic E-state index is 12.7. The maximum absolute atomic E-state index is 12.7. The molecule has 0 N–H and O–H groups in total. The second-order valence-corrected chi connectivity index (χ2v) is 9.27. The van der Waals surface area contributed by atoms with Gasteiger partial charge in [0.25, 0.3) is 0 Å². The van der Waals surface area contributed by atoms with Crippen molar-refractivity contribution >= 4 is 16.8 Å². The van der Waals surface area contributed by atoms with Crippen LogP contribution in [0.2, 0.25) is 0 Å². The summed E-state index contributed by atoms with van der Waals surface area (Å²) in [6, 6.07) is 23.3. The Balaban J connectivity index is 1.17. The van der Waals surface area contributed by atoms with Crippen LogP contribution < -0.4 is 0 Å². The lowest BCUT2D eigenvalue weighted by atomic mass is 9.96. The lowest BCUT2D eigenvalue weighted by molar-refractivity contribution is -0.132. The first-order valence-electron chi connectivity index (χ1n) is 12.0. The van der Waals surface area contributed by atoms with E-state index in [1.54, 1.807) is 0 Å². The van der Waals surface area contributed by atoms with Gasteiger partial charge in [-0.1, -0.05) is 42.5 Å². The quantitative estimate of drug-likeness (QED) is 0.378. The zero-order chi connectivity index (χ0) is 22.6. The van der Waals surface area contributed by atoms with Gasteiger partial charge in [-0.05, 0) is 67.5 Å². The summed E-state index contributed by atoms with van der Waals surface area (Å²) in [6.07, 6.45) is 7.70. The van der Waals surface area contributed by atoms with Gasteiger partial charge in [0.15, 0.2) is 0 Å². The molecule has 0 radical (unpaired) electrons. The monoisotopic (exact) mass is 437 g/mol. The molecule has 1 aliphatic rings. The van der Waals surface area contributed by atoms with Crippen molar-refractivity contribution in [3.63, 3.8) is 0 Å². The van der Waals surface area contributed by atoms with Crippen LogP contribution in [0.3, 0.4) is 0 Å². The summed E-state index contributed by atoms with van der Waals surface area (Å²) < 4.78 is 2.37. The zero-order valence-electron chi connectivity index (χ0n) is 19.3. The highest BCUT2D eigenvalue weighted by Crippen LogP contribution is 2.27. The normalized spacial score (nSPS) is 14.6. The third kappa shape index (κ3) is 5.00.